The van der Waals surface area contributed by atoms with Crippen LogP contribution in [0.1, 0.15) is 24.4 Å². The fraction of sp³-hybridized carbons (Fsp3) is 0.571. The molecule has 1 heterocycles. The van der Waals surface area contributed by atoms with E-state index in [1.807, 2.05) is 4.90 Å². The summed E-state index contributed by atoms with van der Waals surface area (Å²) < 4.78 is 37.6. The van der Waals surface area contributed by atoms with Crippen LogP contribution < -0.4 is 5.32 Å². The van der Waals surface area contributed by atoms with Gasteiger partial charge in [-0.15, -0.1) is 12.4 Å². The Morgan fingerprint density at radius 3 is 2.36 bits per heavy atom. The van der Waals surface area contributed by atoms with E-state index in [1.165, 1.54) is 12.1 Å². The molecule has 1 atom stereocenters. The molecular weight excluding hydrogens is 321 g/mol. The molecular formula is C14H20ClF3N2O2. The van der Waals surface area contributed by atoms with Gasteiger partial charge in [0.1, 0.15) is 11.5 Å². The maximum absolute atomic E-state index is 12.5. The van der Waals surface area contributed by atoms with Crippen LogP contribution in [0.25, 0.3) is 0 Å². The highest BCUT2D eigenvalue weighted by Gasteiger charge is 2.32. The highest BCUT2D eigenvalue weighted by Crippen LogP contribution is 2.36. The number of piperazine rings is 1. The summed E-state index contributed by atoms with van der Waals surface area (Å²) in [4.78, 5) is 1.94. The van der Waals surface area contributed by atoms with Crippen LogP contribution in [0.2, 0.25) is 0 Å². The number of nitrogens with one attached hydrogen (secondary N) is 1. The second-order valence-corrected chi connectivity index (χ2v) is 5.20. The van der Waals surface area contributed by atoms with E-state index < -0.39 is 18.6 Å². The zero-order valence-electron chi connectivity index (χ0n) is 11.9. The van der Waals surface area contributed by atoms with Gasteiger partial charge in [0.25, 0.3) is 0 Å². The summed E-state index contributed by atoms with van der Waals surface area (Å²) in [6.07, 6.45) is -5.23. The highest BCUT2D eigenvalue weighted by atomic mass is 35.5. The van der Waals surface area contributed by atoms with Gasteiger partial charge in [-0.1, -0.05) is 6.07 Å². The van der Waals surface area contributed by atoms with Crippen LogP contribution in [-0.4, -0.2) is 47.5 Å². The molecule has 0 spiro atoms. The zero-order valence-corrected chi connectivity index (χ0v) is 12.8. The first-order valence-electron chi connectivity index (χ1n) is 6.90. The van der Waals surface area contributed by atoms with Gasteiger partial charge in [-0.25, -0.2) is 0 Å². The molecule has 2 rings (SSSR count). The molecule has 1 fully saturated rings. The molecule has 8 heteroatoms. The predicted octanol–water partition coefficient (Wildman–Crippen LogP) is 2.81. The van der Waals surface area contributed by atoms with Crippen LogP contribution in [0.15, 0.2) is 18.2 Å². The molecule has 3 N–H and O–H groups in total. The number of alkyl halides is 3. The lowest BCUT2D eigenvalue weighted by molar-refractivity contribution is -0.138. The Morgan fingerprint density at radius 2 is 1.82 bits per heavy atom. The van der Waals surface area contributed by atoms with Gasteiger partial charge in [-0.3, -0.25) is 4.90 Å². The summed E-state index contributed by atoms with van der Waals surface area (Å²) in [7, 11) is 0. The lowest BCUT2D eigenvalue weighted by Crippen LogP contribution is -2.45. The Bertz CT molecular complexity index is 480. The van der Waals surface area contributed by atoms with Crippen LogP contribution >= 0.6 is 12.4 Å². The summed E-state index contributed by atoms with van der Waals surface area (Å²) in [6, 6.07) is 3.54. The van der Waals surface area contributed by atoms with Gasteiger partial charge in [0.2, 0.25) is 0 Å². The Labute approximate surface area is 133 Å². The quantitative estimate of drug-likeness (QED) is 0.789. The smallest absolute Gasteiger partial charge is 0.389 e. The summed E-state index contributed by atoms with van der Waals surface area (Å²) >= 11 is 0. The molecule has 0 radical (unpaired) electrons. The van der Waals surface area contributed by atoms with Crippen molar-refractivity contribution in [2.24, 2.45) is 0 Å². The Morgan fingerprint density at radius 1 is 1.18 bits per heavy atom. The first-order valence-corrected chi connectivity index (χ1v) is 6.90. The number of nitrogens with zero attached hydrogens (tertiary/aromatic N) is 1. The number of phenols is 2. The average molecular weight is 341 g/mol. The van der Waals surface area contributed by atoms with Crippen molar-refractivity contribution in [1.29, 1.82) is 0 Å². The molecule has 1 aromatic rings. The van der Waals surface area contributed by atoms with E-state index in [9.17, 15) is 23.4 Å². The zero-order chi connectivity index (χ0) is 15.5. The molecule has 0 amide bonds. The van der Waals surface area contributed by atoms with Crippen molar-refractivity contribution in [2.75, 3.05) is 26.2 Å². The van der Waals surface area contributed by atoms with Gasteiger partial charge in [0, 0.05) is 50.3 Å². The van der Waals surface area contributed by atoms with Crippen molar-refractivity contribution in [3.8, 4) is 11.5 Å². The third kappa shape index (κ3) is 5.23. The summed E-state index contributed by atoms with van der Waals surface area (Å²) in [5.74, 6) is -0.271. The topological polar surface area (TPSA) is 55.7 Å². The number of hydrogen-bond acceptors (Lipinski definition) is 4. The lowest BCUT2D eigenvalue weighted by atomic mass is 9.98. The average Bonchev–Trinajstić information content (AvgIpc) is 2.41. The maximum atomic E-state index is 12.5. The first-order chi connectivity index (χ1) is 9.87. The fourth-order valence-corrected chi connectivity index (χ4v) is 2.64. The second kappa shape index (κ2) is 7.89. The first kappa shape index (κ1) is 18.9. The van der Waals surface area contributed by atoms with Crippen molar-refractivity contribution in [3.63, 3.8) is 0 Å². The summed E-state index contributed by atoms with van der Waals surface area (Å²) in [5, 5.41) is 22.4. The van der Waals surface area contributed by atoms with Crippen LogP contribution in [0, 0.1) is 0 Å². The van der Waals surface area contributed by atoms with E-state index in [0.29, 0.717) is 31.7 Å². The third-order valence-electron chi connectivity index (χ3n) is 3.67. The summed E-state index contributed by atoms with van der Waals surface area (Å²) in [5.41, 5.74) is 0.430. The summed E-state index contributed by atoms with van der Waals surface area (Å²) in [6.45, 7) is 2.68. The van der Waals surface area contributed by atoms with Gasteiger partial charge in [0.15, 0.2) is 0 Å². The van der Waals surface area contributed by atoms with Crippen LogP contribution in [0.3, 0.4) is 0 Å². The standard InChI is InChI=1S/C14H19F3N2O2.ClH/c15-14(16,17)4-3-12(19-7-5-18-6-8-19)11-2-1-10(20)9-13(11)21;/h1-2,9,12,18,20-21H,3-8H2;1H/t12-;/m0./s1. The number of phenolic OH excluding ortho intramolecular Hbond substituents is 2. The van der Waals surface area contributed by atoms with Crippen LogP contribution in [-0.2, 0) is 0 Å². The second-order valence-electron chi connectivity index (χ2n) is 5.20. The molecule has 22 heavy (non-hydrogen) atoms. The molecule has 0 aliphatic carbocycles. The van der Waals surface area contributed by atoms with E-state index in [1.54, 1.807) is 0 Å². The molecule has 126 valence electrons. The molecule has 1 aromatic carbocycles. The fourth-order valence-electron chi connectivity index (χ4n) is 2.64. The van der Waals surface area contributed by atoms with Crippen molar-refractivity contribution >= 4 is 12.4 Å². The molecule has 0 aromatic heterocycles. The number of halogens is 4. The molecule has 1 aliphatic rings. The lowest BCUT2D eigenvalue weighted by Gasteiger charge is -2.35. The Hall–Kier alpha value is -1.18. The van der Waals surface area contributed by atoms with Gasteiger partial charge < -0.3 is 15.5 Å². The van der Waals surface area contributed by atoms with Crippen molar-refractivity contribution in [3.05, 3.63) is 23.8 Å². The Kier molecular flexibility index (Phi) is 6.77. The van der Waals surface area contributed by atoms with E-state index >= 15 is 0 Å². The normalized spacial score (nSPS) is 17.8. The number of hydrogen-bond donors (Lipinski definition) is 3. The van der Waals surface area contributed by atoms with Gasteiger partial charge in [-0.05, 0) is 12.5 Å². The molecule has 0 saturated carbocycles. The van der Waals surface area contributed by atoms with Gasteiger partial charge in [-0.2, -0.15) is 13.2 Å². The van der Waals surface area contributed by atoms with Crippen LogP contribution in [0.4, 0.5) is 13.2 Å². The minimum Gasteiger partial charge on any atom is -0.508 e. The van der Waals surface area contributed by atoms with E-state index in [0.717, 1.165) is 6.07 Å². The Balaban J connectivity index is 0.00000242. The van der Waals surface area contributed by atoms with Crippen LogP contribution in [0.5, 0.6) is 11.5 Å². The molecule has 0 unspecified atom stereocenters. The van der Waals surface area contributed by atoms with Crippen molar-refractivity contribution in [2.45, 2.75) is 25.1 Å². The molecule has 0 bridgehead atoms. The minimum atomic E-state index is -4.22. The third-order valence-corrected chi connectivity index (χ3v) is 3.67. The van der Waals surface area contributed by atoms with Gasteiger partial charge in [0.05, 0.1) is 0 Å². The van der Waals surface area contributed by atoms with E-state index in [2.05, 4.69) is 5.32 Å². The monoisotopic (exact) mass is 340 g/mol. The number of benzene rings is 1. The maximum Gasteiger partial charge on any atom is 0.389 e. The molecule has 1 aliphatic heterocycles. The minimum absolute atomic E-state index is 0. The van der Waals surface area contributed by atoms with Crippen molar-refractivity contribution < 1.29 is 23.4 Å². The molecule has 4 nitrogen and oxygen atoms in total. The SMILES string of the molecule is Cl.Oc1ccc([C@H](CCC(F)(F)F)N2CCNCC2)c(O)c1. The number of aromatic hydroxyl groups is 2. The van der Waals surface area contributed by atoms with E-state index in [4.69, 9.17) is 0 Å². The van der Waals surface area contributed by atoms with Crippen molar-refractivity contribution in [1.82, 2.24) is 10.2 Å². The molecule has 1 saturated heterocycles. The van der Waals surface area contributed by atoms with E-state index in [-0.39, 0.29) is 30.3 Å². The predicted molar refractivity (Wildman–Crippen MR) is 79.5 cm³/mol. The highest BCUT2D eigenvalue weighted by molar-refractivity contribution is 5.85. The number of rotatable bonds is 4. The largest absolute Gasteiger partial charge is 0.508 e. The van der Waals surface area contributed by atoms with Gasteiger partial charge >= 0.3 is 6.18 Å².